The summed E-state index contributed by atoms with van der Waals surface area (Å²) in [5.41, 5.74) is 0.566. The third-order valence-corrected chi connectivity index (χ3v) is 4.83. The van der Waals surface area contributed by atoms with Gasteiger partial charge in [-0.05, 0) is 31.5 Å². The van der Waals surface area contributed by atoms with Crippen LogP contribution >= 0.6 is 11.6 Å². The molecule has 0 amide bonds. The number of guanidine groups is 1. The number of ether oxygens (including phenoxy) is 2. The molecule has 2 aromatic rings. The van der Waals surface area contributed by atoms with E-state index in [0.29, 0.717) is 48.8 Å². The Labute approximate surface area is 175 Å². The van der Waals surface area contributed by atoms with Crippen molar-refractivity contribution in [3.05, 3.63) is 40.7 Å². The van der Waals surface area contributed by atoms with Gasteiger partial charge in [0.25, 0.3) is 0 Å². The fourth-order valence-electron chi connectivity index (χ4n) is 2.94. The molecule has 3 rings (SSSR count). The minimum atomic E-state index is -1.08. The van der Waals surface area contributed by atoms with Gasteiger partial charge in [-0.3, -0.25) is 4.68 Å². The first kappa shape index (κ1) is 21.3. The Morgan fingerprint density at radius 2 is 2.14 bits per heavy atom. The zero-order valence-corrected chi connectivity index (χ0v) is 17.8. The van der Waals surface area contributed by atoms with Crippen molar-refractivity contribution in [3.63, 3.8) is 0 Å². The molecular formula is C20H28ClN5O3. The standard InChI is InChI=1S/C20H28ClN5O3/c1-4-22-19(24-13-20(2,27)15-11-25-26(3)12-15)23-10-14-8-16(21)18-17(9-14)28-6-5-7-29-18/h8-9,11-12,27H,4-7,10,13H2,1-3H3,(H2,22,23,24). The van der Waals surface area contributed by atoms with Crippen molar-refractivity contribution >= 4 is 17.6 Å². The third-order valence-electron chi connectivity index (χ3n) is 4.55. The largest absolute Gasteiger partial charge is 0.489 e. The number of aromatic nitrogens is 2. The third kappa shape index (κ3) is 5.55. The van der Waals surface area contributed by atoms with Crippen LogP contribution in [0.25, 0.3) is 0 Å². The van der Waals surface area contributed by atoms with Crippen LogP contribution in [-0.4, -0.2) is 47.1 Å². The van der Waals surface area contributed by atoms with Crippen LogP contribution in [-0.2, 0) is 19.2 Å². The highest BCUT2D eigenvalue weighted by Crippen LogP contribution is 2.38. The lowest BCUT2D eigenvalue weighted by atomic mass is 10.00. The van der Waals surface area contributed by atoms with Crippen molar-refractivity contribution in [1.82, 2.24) is 20.4 Å². The number of hydrogen-bond acceptors (Lipinski definition) is 5. The highest BCUT2D eigenvalue weighted by molar-refractivity contribution is 6.32. The van der Waals surface area contributed by atoms with Crippen LogP contribution in [0.2, 0.25) is 5.02 Å². The number of benzene rings is 1. The molecule has 2 heterocycles. The zero-order chi connectivity index (χ0) is 20.9. The first-order chi connectivity index (χ1) is 13.9. The molecule has 0 saturated heterocycles. The second kappa shape index (κ2) is 9.37. The summed E-state index contributed by atoms with van der Waals surface area (Å²) < 4.78 is 13.1. The predicted octanol–water partition coefficient (Wildman–Crippen LogP) is 2.20. The number of aliphatic hydroxyl groups is 1. The maximum Gasteiger partial charge on any atom is 0.191 e. The Bertz CT molecular complexity index is 866. The summed E-state index contributed by atoms with van der Waals surface area (Å²) in [4.78, 5) is 4.61. The summed E-state index contributed by atoms with van der Waals surface area (Å²) in [5.74, 6) is 1.84. The van der Waals surface area contributed by atoms with Gasteiger partial charge >= 0.3 is 0 Å². The van der Waals surface area contributed by atoms with Crippen molar-refractivity contribution in [1.29, 1.82) is 0 Å². The summed E-state index contributed by atoms with van der Waals surface area (Å²) in [7, 11) is 1.82. The maximum absolute atomic E-state index is 10.8. The SMILES string of the molecule is CCNC(=NCc1cc(Cl)c2c(c1)OCCCO2)NCC(C)(O)c1cnn(C)c1. The Hall–Kier alpha value is -2.45. The number of aliphatic imine (C=N–C) groups is 1. The topological polar surface area (TPSA) is 92.9 Å². The Balaban J connectivity index is 1.69. The average Bonchev–Trinajstić information content (AvgIpc) is 2.98. The minimum Gasteiger partial charge on any atom is -0.489 e. The van der Waals surface area contributed by atoms with E-state index in [1.165, 1.54) is 0 Å². The molecule has 1 aliphatic heterocycles. The minimum absolute atomic E-state index is 0.284. The van der Waals surface area contributed by atoms with E-state index in [9.17, 15) is 5.11 Å². The maximum atomic E-state index is 10.8. The van der Waals surface area contributed by atoms with Crippen molar-refractivity contribution in [2.75, 3.05) is 26.3 Å². The van der Waals surface area contributed by atoms with E-state index in [1.54, 1.807) is 24.0 Å². The Morgan fingerprint density at radius 1 is 1.34 bits per heavy atom. The molecule has 0 aliphatic carbocycles. The van der Waals surface area contributed by atoms with Crippen LogP contribution in [0.1, 0.15) is 31.4 Å². The highest BCUT2D eigenvalue weighted by atomic mass is 35.5. The molecule has 9 heteroatoms. The lowest BCUT2D eigenvalue weighted by molar-refractivity contribution is 0.0616. The molecule has 1 aliphatic rings. The van der Waals surface area contributed by atoms with Gasteiger partial charge in [0.1, 0.15) is 5.60 Å². The van der Waals surface area contributed by atoms with Crippen molar-refractivity contribution in [2.45, 2.75) is 32.4 Å². The van der Waals surface area contributed by atoms with E-state index < -0.39 is 5.60 Å². The first-order valence-corrected chi connectivity index (χ1v) is 10.1. The van der Waals surface area contributed by atoms with Gasteiger partial charge in [0.15, 0.2) is 17.5 Å². The van der Waals surface area contributed by atoms with E-state index in [4.69, 9.17) is 21.1 Å². The van der Waals surface area contributed by atoms with Crippen molar-refractivity contribution < 1.29 is 14.6 Å². The van der Waals surface area contributed by atoms with Gasteiger partial charge in [0.2, 0.25) is 0 Å². The summed E-state index contributed by atoms with van der Waals surface area (Å²) in [6, 6.07) is 3.75. The van der Waals surface area contributed by atoms with Gasteiger partial charge in [-0.1, -0.05) is 11.6 Å². The summed E-state index contributed by atoms with van der Waals surface area (Å²) >= 11 is 6.36. The molecule has 1 atom stereocenters. The molecule has 158 valence electrons. The molecule has 0 radical (unpaired) electrons. The molecule has 1 unspecified atom stereocenters. The van der Waals surface area contributed by atoms with Crippen molar-refractivity contribution in [3.8, 4) is 11.5 Å². The molecule has 1 aromatic heterocycles. The smallest absolute Gasteiger partial charge is 0.191 e. The molecule has 8 nitrogen and oxygen atoms in total. The Kier molecular flexibility index (Phi) is 6.87. The number of nitrogens with one attached hydrogen (secondary N) is 2. The van der Waals surface area contributed by atoms with Gasteiger partial charge in [0.05, 0.1) is 37.5 Å². The van der Waals surface area contributed by atoms with Crippen LogP contribution in [0.15, 0.2) is 29.5 Å². The quantitative estimate of drug-likeness (QED) is 0.489. The average molecular weight is 422 g/mol. The highest BCUT2D eigenvalue weighted by Gasteiger charge is 2.25. The normalized spacial score (nSPS) is 16.1. The van der Waals surface area contributed by atoms with Crippen LogP contribution in [0.3, 0.4) is 0 Å². The second-order valence-electron chi connectivity index (χ2n) is 7.18. The number of aryl methyl sites for hydroxylation is 1. The molecule has 0 spiro atoms. The number of fused-ring (bicyclic) bond motifs is 1. The monoisotopic (exact) mass is 421 g/mol. The lowest BCUT2D eigenvalue weighted by Gasteiger charge is -2.23. The van der Waals surface area contributed by atoms with Gasteiger partial charge < -0.3 is 25.2 Å². The molecule has 0 saturated carbocycles. The lowest BCUT2D eigenvalue weighted by Crippen LogP contribution is -2.44. The molecule has 3 N–H and O–H groups in total. The summed E-state index contributed by atoms with van der Waals surface area (Å²) in [6.45, 7) is 6.31. The summed E-state index contributed by atoms with van der Waals surface area (Å²) in [5, 5.41) is 21.8. The molecule has 29 heavy (non-hydrogen) atoms. The molecule has 0 bridgehead atoms. The number of rotatable bonds is 6. The van der Waals surface area contributed by atoms with Gasteiger partial charge in [-0.2, -0.15) is 5.10 Å². The van der Waals surface area contributed by atoms with Gasteiger partial charge in [-0.15, -0.1) is 0 Å². The first-order valence-electron chi connectivity index (χ1n) is 9.71. The Morgan fingerprint density at radius 3 is 2.86 bits per heavy atom. The van der Waals surface area contributed by atoms with Gasteiger partial charge in [0, 0.05) is 31.8 Å². The number of nitrogens with zero attached hydrogens (tertiary/aromatic N) is 3. The molecule has 1 aromatic carbocycles. The van der Waals surface area contributed by atoms with Crippen LogP contribution in [0.4, 0.5) is 0 Å². The fourth-order valence-corrected chi connectivity index (χ4v) is 3.23. The second-order valence-corrected chi connectivity index (χ2v) is 7.59. The van der Waals surface area contributed by atoms with Crippen LogP contribution < -0.4 is 20.1 Å². The van der Waals surface area contributed by atoms with E-state index in [1.807, 2.05) is 26.1 Å². The van der Waals surface area contributed by atoms with E-state index in [2.05, 4.69) is 20.7 Å². The summed E-state index contributed by atoms with van der Waals surface area (Å²) in [6.07, 6.45) is 4.28. The number of hydrogen-bond donors (Lipinski definition) is 3. The van der Waals surface area contributed by atoms with Crippen molar-refractivity contribution in [2.24, 2.45) is 12.0 Å². The van der Waals surface area contributed by atoms with Crippen LogP contribution in [0, 0.1) is 0 Å². The van der Waals surface area contributed by atoms with Crippen LogP contribution in [0.5, 0.6) is 11.5 Å². The fraction of sp³-hybridized carbons (Fsp3) is 0.500. The van der Waals surface area contributed by atoms with E-state index >= 15 is 0 Å². The molecular weight excluding hydrogens is 394 g/mol. The predicted molar refractivity (Wildman–Crippen MR) is 113 cm³/mol. The van der Waals surface area contributed by atoms with Gasteiger partial charge in [-0.25, -0.2) is 4.99 Å². The molecule has 0 fully saturated rings. The van der Waals surface area contributed by atoms with E-state index in [-0.39, 0.29) is 6.54 Å². The number of halogens is 1. The van der Waals surface area contributed by atoms with E-state index in [0.717, 1.165) is 17.5 Å². The zero-order valence-electron chi connectivity index (χ0n) is 17.0.